The van der Waals surface area contributed by atoms with Gasteiger partial charge in [0.15, 0.2) is 5.82 Å². The number of imidazole rings is 1. The predicted octanol–water partition coefficient (Wildman–Crippen LogP) is 3.67. The van der Waals surface area contributed by atoms with E-state index >= 15 is 0 Å². The molecule has 0 fully saturated rings. The van der Waals surface area contributed by atoms with E-state index in [2.05, 4.69) is 36.1 Å². The Kier molecular flexibility index (Phi) is 5.16. The van der Waals surface area contributed by atoms with Gasteiger partial charge in [0.1, 0.15) is 5.69 Å². The molecule has 1 amide bonds. The van der Waals surface area contributed by atoms with E-state index in [4.69, 9.17) is 0 Å². The second kappa shape index (κ2) is 7.52. The van der Waals surface area contributed by atoms with Crippen molar-refractivity contribution < 1.29 is 4.79 Å². The Labute approximate surface area is 154 Å². The number of hydrogen-bond acceptors (Lipinski definition) is 3. The molecule has 5 nitrogen and oxygen atoms in total. The molecule has 0 bridgehead atoms. The maximum Gasteiger partial charge on any atom is 0.251 e. The van der Waals surface area contributed by atoms with Crippen molar-refractivity contribution >= 4 is 5.91 Å². The Morgan fingerprint density at radius 2 is 1.81 bits per heavy atom. The molecular weight excluding hydrogens is 324 g/mol. The molecule has 3 aromatic rings. The number of pyridine rings is 1. The first-order valence-corrected chi connectivity index (χ1v) is 8.76. The molecule has 0 radical (unpaired) electrons. The number of carbonyl (C=O) groups excluding carboxylic acids is 1. The van der Waals surface area contributed by atoms with Crippen LogP contribution in [0.5, 0.6) is 0 Å². The molecule has 0 aliphatic heterocycles. The molecule has 0 saturated carbocycles. The van der Waals surface area contributed by atoms with Gasteiger partial charge in [0.2, 0.25) is 0 Å². The predicted molar refractivity (Wildman–Crippen MR) is 103 cm³/mol. The minimum absolute atomic E-state index is 0.0649. The van der Waals surface area contributed by atoms with Crippen LogP contribution in [0, 0.1) is 0 Å². The first-order chi connectivity index (χ1) is 12.4. The minimum atomic E-state index is -0.0649. The normalized spacial score (nSPS) is 11.3. The van der Waals surface area contributed by atoms with Gasteiger partial charge in [0.05, 0.1) is 0 Å². The molecule has 134 valence electrons. The Bertz CT molecular complexity index is 861. The van der Waals surface area contributed by atoms with Crippen LogP contribution in [0.1, 0.15) is 36.7 Å². The van der Waals surface area contributed by atoms with Crippen molar-refractivity contribution in [1.82, 2.24) is 19.9 Å². The van der Waals surface area contributed by atoms with Gasteiger partial charge in [-0.25, -0.2) is 4.98 Å². The number of carbonyl (C=O) groups is 1. The number of aromatic nitrogens is 3. The molecule has 26 heavy (non-hydrogen) atoms. The molecule has 0 spiro atoms. The van der Waals surface area contributed by atoms with Crippen LogP contribution in [0.2, 0.25) is 0 Å². The summed E-state index contributed by atoms with van der Waals surface area (Å²) in [5, 5.41) is 2.97. The van der Waals surface area contributed by atoms with Crippen molar-refractivity contribution in [2.75, 3.05) is 6.54 Å². The van der Waals surface area contributed by atoms with E-state index in [-0.39, 0.29) is 11.3 Å². The topological polar surface area (TPSA) is 59.8 Å². The number of amides is 1. The summed E-state index contributed by atoms with van der Waals surface area (Å²) >= 11 is 0. The lowest BCUT2D eigenvalue weighted by Crippen LogP contribution is -2.27. The highest BCUT2D eigenvalue weighted by molar-refractivity contribution is 5.94. The zero-order valence-corrected chi connectivity index (χ0v) is 15.4. The average molecular weight is 348 g/mol. The van der Waals surface area contributed by atoms with Crippen molar-refractivity contribution in [2.24, 2.45) is 0 Å². The van der Waals surface area contributed by atoms with Gasteiger partial charge in [-0.3, -0.25) is 9.78 Å². The molecule has 1 aromatic carbocycles. The first-order valence-electron chi connectivity index (χ1n) is 8.76. The zero-order valence-electron chi connectivity index (χ0n) is 15.4. The van der Waals surface area contributed by atoms with Gasteiger partial charge in [-0.05, 0) is 35.2 Å². The van der Waals surface area contributed by atoms with Gasteiger partial charge in [0.25, 0.3) is 5.91 Å². The summed E-state index contributed by atoms with van der Waals surface area (Å²) < 4.78 is 1.99. The highest BCUT2D eigenvalue weighted by Gasteiger charge is 2.14. The SMILES string of the molecule is CC(C)(C)c1ccc(C(=O)NCCn2ccnc2-c2ccccn2)cc1. The Hall–Kier alpha value is -2.95. The van der Waals surface area contributed by atoms with E-state index in [0.29, 0.717) is 18.7 Å². The van der Waals surface area contributed by atoms with Crippen molar-refractivity contribution in [1.29, 1.82) is 0 Å². The molecule has 2 aromatic heterocycles. The lowest BCUT2D eigenvalue weighted by molar-refractivity contribution is 0.0952. The molecule has 5 heteroatoms. The van der Waals surface area contributed by atoms with E-state index in [9.17, 15) is 4.79 Å². The van der Waals surface area contributed by atoms with Gasteiger partial charge in [-0.2, -0.15) is 0 Å². The van der Waals surface area contributed by atoms with Crippen LogP contribution in [0.25, 0.3) is 11.5 Å². The maximum atomic E-state index is 12.3. The molecule has 0 saturated heterocycles. The van der Waals surface area contributed by atoms with E-state index in [1.54, 1.807) is 12.4 Å². The van der Waals surface area contributed by atoms with Crippen LogP contribution >= 0.6 is 0 Å². The summed E-state index contributed by atoms with van der Waals surface area (Å²) in [5.41, 5.74) is 2.79. The van der Waals surface area contributed by atoms with E-state index in [0.717, 1.165) is 11.5 Å². The van der Waals surface area contributed by atoms with Crippen LogP contribution < -0.4 is 5.32 Å². The Morgan fingerprint density at radius 3 is 2.46 bits per heavy atom. The summed E-state index contributed by atoms with van der Waals surface area (Å²) in [6, 6.07) is 13.5. The Balaban J connectivity index is 1.59. The van der Waals surface area contributed by atoms with Gasteiger partial charge < -0.3 is 9.88 Å². The van der Waals surface area contributed by atoms with Crippen LogP contribution in [-0.2, 0) is 12.0 Å². The number of nitrogens with one attached hydrogen (secondary N) is 1. The fourth-order valence-electron chi connectivity index (χ4n) is 2.73. The third kappa shape index (κ3) is 4.17. The Morgan fingerprint density at radius 1 is 1.04 bits per heavy atom. The number of hydrogen-bond donors (Lipinski definition) is 1. The van der Waals surface area contributed by atoms with Gasteiger partial charge in [-0.15, -0.1) is 0 Å². The lowest BCUT2D eigenvalue weighted by atomic mass is 9.87. The largest absolute Gasteiger partial charge is 0.350 e. The number of rotatable bonds is 5. The second-order valence-electron chi connectivity index (χ2n) is 7.24. The van der Waals surface area contributed by atoms with Crippen LogP contribution in [0.15, 0.2) is 61.1 Å². The highest BCUT2D eigenvalue weighted by atomic mass is 16.1. The molecule has 0 aliphatic carbocycles. The smallest absolute Gasteiger partial charge is 0.251 e. The van der Waals surface area contributed by atoms with Crippen molar-refractivity contribution in [3.05, 3.63) is 72.2 Å². The van der Waals surface area contributed by atoms with Crippen LogP contribution in [-0.4, -0.2) is 27.0 Å². The molecular formula is C21H24N4O. The standard InChI is InChI=1S/C21H24N4O/c1-21(2,3)17-9-7-16(8-10-17)20(26)24-13-15-25-14-12-23-19(25)18-6-4-5-11-22-18/h4-12,14H,13,15H2,1-3H3,(H,24,26). The summed E-state index contributed by atoms with van der Waals surface area (Å²) in [6.45, 7) is 7.64. The summed E-state index contributed by atoms with van der Waals surface area (Å²) in [6.07, 6.45) is 5.39. The third-order valence-electron chi connectivity index (χ3n) is 4.26. The highest BCUT2D eigenvalue weighted by Crippen LogP contribution is 2.22. The number of nitrogens with zero attached hydrogens (tertiary/aromatic N) is 3. The molecule has 0 unspecified atom stereocenters. The van der Waals surface area contributed by atoms with Gasteiger partial charge in [-0.1, -0.05) is 39.0 Å². The summed E-state index contributed by atoms with van der Waals surface area (Å²) in [4.78, 5) is 21.0. The molecule has 0 atom stereocenters. The van der Waals surface area contributed by atoms with Crippen molar-refractivity contribution in [3.8, 4) is 11.5 Å². The second-order valence-corrected chi connectivity index (χ2v) is 7.24. The quantitative estimate of drug-likeness (QED) is 0.765. The molecule has 3 rings (SSSR count). The first kappa shape index (κ1) is 17.9. The minimum Gasteiger partial charge on any atom is -0.350 e. The average Bonchev–Trinajstić information content (AvgIpc) is 3.10. The van der Waals surface area contributed by atoms with Crippen molar-refractivity contribution in [2.45, 2.75) is 32.7 Å². The van der Waals surface area contributed by atoms with E-state index in [1.165, 1.54) is 5.56 Å². The molecule has 2 heterocycles. The fraction of sp³-hybridized carbons (Fsp3) is 0.286. The summed E-state index contributed by atoms with van der Waals surface area (Å²) in [7, 11) is 0. The van der Waals surface area contributed by atoms with Gasteiger partial charge in [0, 0.05) is 37.2 Å². The maximum absolute atomic E-state index is 12.3. The van der Waals surface area contributed by atoms with Crippen molar-refractivity contribution in [3.63, 3.8) is 0 Å². The summed E-state index contributed by atoms with van der Waals surface area (Å²) in [5.74, 6) is 0.735. The fourth-order valence-corrected chi connectivity index (χ4v) is 2.73. The van der Waals surface area contributed by atoms with E-state index in [1.807, 2.05) is 53.2 Å². The van der Waals surface area contributed by atoms with Gasteiger partial charge >= 0.3 is 0 Å². The monoisotopic (exact) mass is 348 g/mol. The number of benzene rings is 1. The van der Waals surface area contributed by atoms with E-state index < -0.39 is 0 Å². The third-order valence-corrected chi connectivity index (χ3v) is 4.26. The molecule has 1 N–H and O–H groups in total. The lowest BCUT2D eigenvalue weighted by Gasteiger charge is -2.19. The zero-order chi connectivity index (χ0) is 18.6. The van der Waals surface area contributed by atoms with Crippen LogP contribution in [0.4, 0.5) is 0 Å². The molecule has 0 aliphatic rings. The van der Waals surface area contributed by atoms with Crippen LogP contribution in [0.3, 0.4) is 0 Å².